The smallest absolute Gasteiger partial charge is 0.178 e. The predicted molar refractivity (Wildman–Crippen MR) is 227 cm³/mol. The molecule has 0 unspecified atom stereocenters. The summed E-state index contributed by atoms with van der Waals surface area (Å²) in [6, 6.07) is 66.0. The van der Waals surface area contributed by atoms with Crippen LogP contribution in [0.15, 0.2) is 191 Å². The first-order valence-electron chi connectivity index (χ1n) is 18.5. The third-order valence-corrected chi connectivity index (χ3v) is 11.4. The highest BCUT2D eigenvalue weighted by Gasteiger charge is 2.19. The molecule has 2 heteroatoms. The maximum Gasteiger partial charge on any atom is 0.178 e. The van der Waals surface area contributed by atoms with Crippen LogP contribution in [0.1, 0.15) is 0 Å². The Morgan fingerprint density at radius 3 is 1.28 bits per heavy atom. The molecule has 0 saturated carbocycles. The van der Waals surface area contributed by atoms with Crippen LogP contribution in [0.3, 0.4) is 0 Å². The molecule has 0 radical (unpaired) electrons. The lowest BCUT2D eigenvalue weighted by molar-refractivity contribution is 0.633. The van der Waals surface area contributed by atoms with Crippen LogP contribution >= 0.6 is 0 Å². The molecule has 0 aliphatic rings. The molecule has 0 amide bonds. The minimum absolute atomic E-state index is 0.798. The van der Waals surface area contributed by atoms with E-state index in [1.54, 1.807) is 0 Å². The van der Waals surface area contributed by atoms with E-state index >= 15 is 0 Å². The van der Waals surface area contributed by atoms with Gasteiger partial charge in [-0.05, 0) is 125 Å². The first-order chi connectivity index (χ1) is 26.7. The van der Waals surface area contributed by atoms with Gasteiger partial charge in [-0.2, -0.15) is 0 Å². The Morgan fingerprint density at radius 2 is 0.648 bits per heavy atom. The fourth-order valence-electron chi connectivity index (χ4n) is 8.87. The molecule has 2 aromatic heterocycles. The van der Waals surface area contributed by atoms with Gasteiger partial charge in [-0.25, -0.2) is 0 Å². The summed E-state index contributed by atoms with van der Waals surface area (Å²) in [6.45, 7) is 0. The van der Waals surface area contributed by atoms with Gasteiger partial charge < -0.3 is 8.83 Å². The van der Waals surface area contributed by atoms with Gasteiger partial charge in [-0.1, -0.05) is 133 Å². The molecule has 12 aromatic rings. The Balaban J connectivity index is 0.985. The largest absolute Gasteiger partial charge is 0.452 e. The van der Waals surface area contributed by atoms with Gasteiger partial charge in [-0.3, -0.25) is 0 Å². The fourth-order valence-corrected chi connectivity index (χ4v) is 8.87. The Labute approximate surface area is 310 Å². The zero-order valence-electron chi connectivity index (χ0n) is 29.1. The Kier molecular flexibility index (Phi) is 6.09. The fraction of sp³-hybridized carbons (Fsp3) is 0. The van der Waals surface area contributed by atoms with E-state index in [9.17, 15) is 0 Å². The number of furan rings is 2. The standard InChI is InChI=1S/C52H30O2/c1-2-10-32-28-37(21-17-31(32)9-1)49-40-12-3-5-14-42(40)50(43-15-6-4-13-41(43)49)38-22-20-33-27-34(18-19-35(33)29-38)36-23-26-48-46(30-36)45-25-24-44-39-11-7-8-16-47(39)53-51(44)52(45)54-48/h1-30H. The molecule has 10 aromatic carbocycles. The predicted octanol–water partition coefficient (Wildman–Crippen LogP) is 15.1. The van der Waals surface area contributed by atoms with Gasteiger partial charge in [0.2, 0.25) is 0 Å². The van der Waals surface area contributed by atoms with Crippen LogP contribution in [-0.4, -0.2) is 0 Å². The van der Waals surface area contributed by atoms with E-state index in [1.165, 1.54) is 70.9 Å². The lowest BCUT2D eigenvalue weighted by atomic mass is 9.85. The third-order valence-electron chi connectivity index (χ3n) is 11.4. The molecule has 0 bridgehead atoms. The highest BCUT2D eigenvalue weighted by molar-refractivity contribution is 6.22. The van der Waals surface area contributed by atoms with Gasteiger partial charge in [0.25, 0.3) is 0 Å². The van der Waals surface area contributed by atoms with Crippen molar-refractivity contribution in [3.8, 4) is 33.4 Å². The van der Waals surface area contributed by atoms with Crippen LogP contribution in [0.2, 0.25) is 0 Å². The normalized spacial score (nSPS) is 12.1. The van der Waals surface area contributed by atoms with Crippen LogP contribution in [-0.2, 0) is 0 Å². The molecule has 0 spiro atoms. The van der Waals surface area contributed by atoms with E-state index in [1.807, 2.05) is 18.2 Å². The molecule has 0 atom stereocenters. The van der Waals surface area contributed by atoms with Crippen molar-refractivity contribution in [3.05, 3.63) is 182 Å². The van der Waals surface area contributed by atoms with Crippen molar-refractivity contribution in [2.45, 2.75) is 0 Å². The summed E-state index contributed by atoms with van der Waals surface area (Å²) in [7, 11) is 0. The zero-order chi connectivity index (χ0) is 35.3. The number of rotatable bonds is 3. The summed E-state index contributed by atoms with van der Waals surface area (Å²) in [4.78, 5) is 0. The monoisotopic (exact) mass is 686 g/mol. The first kappa shape index (κ1) is 29.4. The van der Waals surface area contributed by atoms with Crippen LogP contribution in [0.25, 0.3) is 120 Å². The second kappa shape index (κ2) is 11.2. The molecule has 0 aliphatic carbocycles. The summed E-state index contributed by atoms with van der Waals surface area (Å²) in [5, 5.41) is 14.3. The lowest BCUT2D eigenvalue weighted by Crippen LogP contribution is -1.91. The summed E-state index contributed by atoms with van der Waals surface area (Å²) in [6.07, 6.45) is 0. The molecule has 0 saturated heterocycles. The van der Waals surface area contributed by atoms with Crippen molar-refractivity contribution in [2.75, 3.05) is 0 Å². The van der Waals surface area contributed by atoms with Gasteiger partial charge in [0.1, 0.15) is 11.2 Å². The van der Waals surface area contributed by atoms with Gasteiger partial charge in [0.15, 0.2) is 11.2 Å². The highest BCUT2D eigenvalue weighted by atomic mass is 16.4. The number of para-hydroxylation sites is 1. The number of hydrogen-bond donors (Lipinski definition) is 0. The quantitative estimate of drug-likeness (QED) is 0.173. The molecule has 0 aliphatic heterocycles. The molecule has 250 valence electrons. The molecular weight excluding hydrogens is 657 g/mol. The Hall–Kier alpha value is -7.16. The van der Waals surface area contributed by atoms with Crippen molar-refractivity contribution in [2.24, 2.45) is 0 Å². The minimum Gasteiger partial charge on any atom is -0.452 e. The SMILES string of the molecule is c1ccc2cc(-c3c4ccccc4c(-c4ccc5cc(-c6ccc7oc8c(ccc9c%10ccccc%10oc98)c7c6)ccc5c4)c4ccccc34)ccc2c1. The van der Waals surface area contributed by atoms with Gasteiger partial charge >= 0.3 is 0 Å². The van der Waals surface area contributed by atoms with Crippen molar-refractivity contribution < 1.29 is 8.83 Å². The second-order valence-electron chi connectivity index (χ2n) is 14.4. The maximum atomic E-state index is 6.43. The summed E-state index contributed by atoms with van der Waals surface area (Å²) >= 11 is 0. The van der Waals surface area contributed by atoms with Gasteiger partial charge in [0, 0.05) is 21.5 Å². The number of hydrogen-bond acceptors (Lipinski definition) is 2. The van der Waals surface area contributed by atoms with E-state index < -0.39 is 0 Å². The lowest BCUT2D eigenvalue weighted by Gasteiger charge is -2.18. The summed E-state index contributed by atoms with van der Waals surface area (Å²) in [5.74, 6) is 0. The van der Waals surface area contributed by atoms with Crippen molar-refractivity contribution in [1.29, 1.82) is 0 Å². The zero-order valence-corrected chi connectivity index (χ0v) is 29.1. The molecule has 2 nitrogen and oxygen atoms in total. The number of benzene rings is 10. The maximum absolute atomic E-state index is 6.43. The molecule has 12 rings (SSSR count). The number of fused-ring (bicyclic) bond motifs is 11. The van der Waals surface area contributed by atoms with Crippen LogP contribution in [0.4, 0.5) is 0 Å². The summed E-state index contributed by atoms with van der Waals surface area (Å²) in [5.41, 5.74) is 10.7. The van der Waals surface area contributed by atoms with Gasteiger partial charge in [0.05, 0.1) is 0 Å². The molecule has 54 heavy (non-hydrogen) atoms. The molecular formula is C52H30O2. The average Bonchev–Trinajstić information content (AvgIpc) is 3.80. The molecule has 2 heterocycles. The average molecular weight is 687 g/mol. The van der Waals surface area contributed by atoms with E-state index in [0.717, 1.165) is 49.4 Å². The van der Waals surface area contributed by atoms with Gasteiger partial charge in [-0.15, -0.1) is 0 Å². The van der Waals surface area contributed by atoms with Crippen LogP contribution in [0.5, 0.6) is 0 Å². The summed E-state index contributed by atoms with van der Waals surface area (Å²) < 4.78 is 12.7. The second-order valence-corrected chi connectivity index (χ2v) is 14.4. The minimum atomic E-state index is 0.798. The van der Waals surface area contributed by atoms with Crippen molar-refractivity contribution in [3.63, 3.8) is 0 Å². The first-order valence-corrected chi connectivity index (χ1v) is 18.5. The van der Waals surface area contributed by atoms with E-state index in [-0.39, 0.29) is 0 Å². The third kappa shape index (κ3) is 4.28. The highest BCUT2D eigenvalue weighted by Crippen LogP contribution is 2.45. The molecule has 0 fully saturated rings. The van der Waals surface area contributed by atoms with Crippen LogP contribution in [0, 0.1) is 0 Å². The van der Waals surface area contributed by atoms with Crippen LogP contribution < -0.4 is 0 Å². The van der Waals surface area contributed by atoms with Crippen molar-refractivity contribution >= 4 is 87.0 Å². The topological polar surface area (TPSA) is 26.3 Å². The van der Waals surface area contributed by atoms with E-state index in [0.29, 0.717) is 0 Å². The molecule has 0 N–H and O–H groups in total. The van der Waals surface area contributed by atoms with Crippen molar-refractivity contribution in [1.82, 2.24) is 0 Å². The Bertz CT molecular complexity index is 3450. The van der Waals surface area contributed by atoms with E-state index in [4.69, 9.17) is 8.83 Å². The Morgan fingerprint density at radius 1 is 0.241 bits per heavy atom. The van der Waals surface area contributed by atoms with E-state index in [2.05, 4.69) is 164 Å².